The van der Waals surface area contributed by atoms with E-state index < -0.39 is 17.8 Å². The van der Waals surface area contributed by atoms with Crippen LogP contribution in [0, 0.1) is 5.82 Å². The topological polar surface area (TPSA) is 28.7 Å². The molecule has 1 aromatic heterocycles. The Balaban J connectivity index is 2.71. The van der Waals surface area contributed by atoms with Crippen molar-refractivity contribution in [2.45, 2.75) is 6.18 Å². The normalized spacial score (nSPS) is 12.3. The standard InChI is InChI=1S/C8H3BrF4N2/c9-3-1-4(10)6-5(2-3)14-7(15-6)8(11,12)13/h1-2H,(H,14,15). The van der Waals surface area contributed by atoms with Gasteiger partial charge in [-0.05, 0) is 12.1 Å². The minimum atomic E-state index is -4.60. The molecule has 0 atom stereocenters. The van der Waals surface area contributed by atoms with Crippen molar-refractivity contribution in [1.29, 1.82) is 0 Å². The molecule has 0 aliphatic carbocycles. The molecule has 0 unspecified atom stereocenters. The zero-order chi connectivity index (χ0) is 11.2. The van der Waals surface area contributed by atoms with Crippen LogP contribution in [0.25, 0.3) is 11.0 Å². The number of rotatable bonds is 0. The molecule has 0 aliphatic heterocycles. The molecule has 80 valence electrons. The van der Waals surface area contributed by atoms with Gasteiger partial charge >= 0.3 is 6.18 Å². The van der Waals surface area contributed by atoms with Crippen molar-refractivity contribution < 1.29 is 17.6 Å². The second-order valence-corrected chi connectivity index (χ2v) is 3.78. The highest BCUT2D eigenvalue weighted by Crippen LogP contribution is 2.30. The number of imidazole rings is 1. The molecule has 0 fully saturated rings. The van der Waals surface area contributed by atoms with E-state index in [1.165, 1.54) is 6.07 Å². The molecule has 0 amide bonds. The monoisotopic (exact) mass is 282 g/mol. The molecule has 7 heteroatoms. The third-order valence-electron chi connectivity index (χ3n) is 1.77. The van der Waals surface area contributed by atoms with Gasteiger partial charge in [-0.3, -0.25) is 0 Å². The molecule has 1 N–H and O–H groups in total. The van der Waals surface area contributed by atoms with E-state index in [1.54, 1.807) is 0 Å². The van der Waals surface area contributed by atoms with Gasteiger partial charge in [0.2, 0.25) is 5.82 Å². The molecule has 2 rings (SSSR count). The van der Waals surface area contributed by atoms with E-state index in [1.807, 2.05) is 4.98 Å². The van der Waals surface area contributed by atoms with Gasteiger partial charge in [0.05, 0.1) is 5.52 Å². The lowest BCUT2D eigenvalue weighted by molar-refractivity contribution is -0.144. The van der Waals surface area contributed by atoms with E-state index in [0.29, 0.717) is 4.47 Å². The van der Waals surface area contributed by atoms with Gasteiger partial charge in [0.15, 0.2) is 5.82 Å². The zero-order valence-electron chi connectivity index (χ0n) is 6.99. The predicted octanol–water partition coefficient (Wildman–Crippen LogP) is 3.48. The first-order valence-corrected chi connectivity index (χ1v) is 4.59. The van der Waals surface area contributed by atoms with Crippen LogP contribution in [0.2, 0.25) is 0 Å². The largest absolute Gasteiger partial charge is 0.449 e. The van der Waals surface area contributed by atoms with Crippen molar-refractivity contribution in [2.75, 3.05) is 0 Å². The number of hydrogen-bond donors (Lipinski definition) is 1. The van der Waals surface area contributed by atoms with Crippen molar-refractivity contribution in [3.05, 3.63) is 28.2 Å². The second kappa shape index (κ2) is 3.19. The van der Waals surface area contributed by atoms with Crippen LogP contribution < -0.4 is 0 Å². The highest BCUT2D eigenvalue weighted by molar-refractivity contribution is 9.10. The van der Waals surface area contributed by atoms with Gasteiger partial charge in [0, 0.05) is 4.47 Å². The van der Waals surface area contributed by atoms with Crippen LogP contribution in [0.15, 0.2) is 16.6 Å². The lowest BCUT2D eigenvalue weighted by Crippen LogP contribution is -2.06. The Hall–Kier alpha value is -1.11. The maximum atomic E-state index is 13.2. The Morgan fingerprint density at radius 2 is 1.93 bits per heavy atom. The van der Waals surface area contributed by atoms with E-state index in [0.717, 1.165) is 6.07 Å². The molecule has 0 aliphatic rings. The Labute approximate surface area is 89.4 Å². The number of hydrogen-bond acceptors (Lipinski definition) is 1. The van der Waals surface area contributed by atoms with Gasteiger partial charge in [-0.25, -0.2) is 9.37 Å². The molecule has 2 nitrogen and oxygen atoms in total. The Bertz CT molecular complexity index is 517. The first-order valence-electron chi connectivity index (χ1n) is 3.80. The molecule has 0 radical (unpaired) electrons. The third-order valence-corrected chi connectivity index (χ3v) is 2.23. The van der Waals surface area contributed by atoms with Gasteiger partial charge in [-0.2, -0.15) is 13.2 Å². The number of nitrogens with one attached hydrogen (secondary N) is 1. The van der Waals surface area contributed by atoms with Crippen molar-refractivity contribution >= 4 is 27.0 Å². The fourth-order valence-electron chi connectivity index (χ4n) is 1.18. The zero-order valence-corrected chi connectivity index (χ0v) is 8.58. The van der Waals surface area contributed by atoms with Gasteiger partial charge in [-0.15, -0.1) is 0 Å². The molecule has 15 heavy (non-hydrogen) atoms. The third kappa shape index (κ3) is 1.83. The summed E-state index contributed by atoms with van der Waals surface area (Å²) >= 11 is 2.97. The predicted molar refractivity (Wildman–Crippen MR) is 48.8 cm³/mol. The summed E-state index contributed by atoms with van der Waals surface area (Å²) in [6.45, 7) is 0. The number of halogens is 5. The molecule has 0 saturated carbocycles. The van der Waals surface area contributed by atoms with Crippen molar-refractivity contribution in [3.63, 3.8) is 0 Å². The van der Waals surface area contributed by atoms with E-state index in [9.17, 15) is 17.6 Å². The first kappa shape index (κ1) is 10.4. The summed E-state index contributed by atoms with van der Waals surface area (Å²) in [4.78, 5) is 5.16. The summed E-state index contributed by atoms with van der Waals surface area (Å²) in [5, 5.41) is 0. The van der Waals surface area contributed by atoms with E-state index in [2.05, 4.69) is 20.9 Å². The summed E-state index contributed by atoms with van der Waals surface area (Å²) in [7, 11) is 0. The quantitative estimate of drug-likeness (QED) is 0.737. The molecule has 2 aromatic rings. The average molecular weight is 283 g/mol. The van der Waals surface area contributed by atoms with Crippen LogP contribution in [0.3, 0.4) is 0 Å². The van der Waals surface area contributed by atoms with E-state index >= 15 is 0 Å². The summed E-state index contributed by atoms with van der Waals surface area (Å²) in [5.74, 6) is -2.00. The van der Waals surface area contributed by atoms with Gasteiger partial charge in [0.25, 0.3) is 0 Å². The lowest BCUT2D eigenvalue weighted by atomic mass is 10.3. The number of aromatic amines is 1. The van der Waals surface area contributed by atoms with E-state index in [-0.39, 0.29) is 11.0 Å². The fraction of sp³-hybridized carbons (Fsp3) is 0.125. The van der Waals surface area contributed by atoms with Crippen LogP contribution in [0.4, 0.5) is 17.6 Å². The van der Waals surface area contributed by atoms with Crippen LogP contribution in [-0.4, -0.2) is 9.97 Å². The Morgan fingerprint density at radius 1 is 1.27 bits per heavy atom. The Morgan fingerprint density at radius 3 is 2.53 bits per heavy atom. The SMILES string of the molecule is Fc1cc(Br)cc2[nH]c(C(F)(F)F)nc12. The van der Waals surface area contributed by atoms with E-state index in [4.69, 9.17) is 0 Å². The number of aromatic nitrogens is 2. The van der Waals surface area contributed by atoms with Gasteiger partial charge in [0.1, 0.15) is 5.52 Å². The summed E-state index contributed by atoms with van der Waals surface area (Å²) < 4.78 is 50.2. The fourth-order valence-corrected chi connectivity index (χ4v) is 1.61. The van der Waals surface area contributed by atoms with Crippen molar-refractivity contribution in [3.8, 4) is 0 Å². The smallest absolute Gasteiger partial charge is 0.334 e. The Kier molecular flexibility index (Phi) is 2.22. The minimum Gasteiger partial charge on any atom is -0.334 e. The molecule has 0 saturated heterocycles. The van der Waals surface area contributed by atoms with Crippen molar-refractivity contribution in [2.24, 2.45) is 0 Å². The highest BCUT2D eigenvalue weighted by atomic mass is 79.9. The maximum absolute atomic E-state index is 13.2. The number of alkyl halides is 3. The van der Waals surface area contributed by atoms with Gasteiger partial charge in [-0.1, -0.05) is 15.9 Å². The van der Waals surface area contributed by atoms with Crippen molar-refractivity contribution in [1.82, 2.24) is 9.97 Å². The lowest BCUT2D eigenvalue weighted by Gasteiger charge is -1.98. The second-order valence-electron chi connectivity index (χ2n) is 2.87. The number of nitrogens with zero attached hydrogens (tertiary/aromatic N) is 1. The summed E-state index contributed by atoms with van der Waals surface area (Å²) in [6.07, 6.45) is -4.60. The molecular formula is C8H3BrF4N2. The molecular weight excluding hydrogens is 280 g/mol. The summed E-state index contributed by atoms with van der Waals surface area (Å²) in [5.41, 5.74) is -0.306. The summed E-state index contributed by atoms with van der Waals surface area (Å²) in [6, 6.07) is 2.39. The van der Waals surface area contributed by atoms with Crippen LogP contribution in [0.5, 0.6) is 0 Å². The van der Waals surface area contributed by atoms with Crippen LogP contribution >= 0.6 is 15.9 Å². The number of fused-ring (bicyclic) bond motifs is 1. The number of benzene rings is 1. The first-order chi connectivity index (χ1) is 6.88. The van der Waals surface area contributed by atoms with Crippen LogP contribution in [0.1, 0.15) is 5.82 Å². The minimum absolute atomic E-state index is 0.00852. The van der Waals surface area contributed by atoms with Crippen LogP contribution in [-0.2, 0) is 6.18 Å². The molecule has 0 bridgehead atoms. The molecule has 1 heterocycles. The highest BCUT2D eigenvalue weighted by Gasteiger charge is 2.35. The average Bonchev–Trinajstić information content (AvgIpc) is 2.46. The molecule has 0 spiro atoms. The molecule has 1 aromatic carbocycles. The van der Waals surface area contributed by atoms with Gasteiger partial charge < -0.3 is 4.98 Å². The number of H-pyrrole nitrogens is 1. The maximum Gasteiger partial charge on any atom is 0.449 e.